The molecule has 0 aliphatic heterocycles. The van der Waals surface area contributed by atoms with Gasteiger partial charge >= 0.3 is 0 Å². The topological polar surface area (TPSA) is 54.2 Å². The molecule has 4 nitrogen and oxygen atoms in total. The molecule has 0 aliphatic carbocycles. The van der Waals surface area contributed by atoms with Crippen LogP contribution in [0.1, 0.15) is 25.0 Å². The van der Waals surface area contributed by atoms with Crippen molar-refractivity contribution < 1.29 is 0 Å². The number of hydrogen-bond donors (Lipinski definition) is 2. The number of likely N-dealkylation sites (N-methyl/N-ethyl adjacent to an activating group) is 1. The lowest BCUT2D eigenvalue weighted by Gasteiger charge is -2.33. The van der Waals surface area contributed by atoms with E-state index >= 15 is 0 Å². The van der Waals surface area contributed by atoms with Gasteiger partial charge in [-0.2, -0.15) is 0 Å². The fourth-order valence-electron chi connectivity index (χ4n) is 1.46. The van der Waals surface area contributed by atoms with Crippen LogP contribution in [0.15, 0.2) is 12.3 Å². The molecule has 0 radical (unpaired) electrons. The van der Waals surface area contributed by atoms with Gasteiger partial charge in [-0.1, -0.05) is 12.2 Å². The highest BCUT2D eigenvalue weighted by molar-refractivity contribution is 7.80. The van der Waals surface area contributed by atoms with Gasteiger partial charge in [0.15, 0.2) is 0 Å². The molecule has 1 rings (SSSR count). The molecule has 100 valence electrons. The van der Waals surface area contributed by atoms with E-state index in [0.717, 1.165) is 23.5 Å². The summed E-state index contributed by atoms with van der Waals surface area (Å²) in [6.07, 6.45) is 1.77. The molecule has 0 fully saturated rings. The van der Waals surface area contributed by atoms with Crippen molar-refractivity contribution >= 4 is 23.0 Å². The lowest BCUT2D eigenvalue weighted by Crippen LogP contribution is -2.44. The molecule has 0 amide bonds. The molecule has 0 unspecified atom stereocenters. The first-order chi connectivity index (χ1) is 8.25. The standard InChI is InChI=1S/C13H22N4S/c1-9-6-7-15-12(10(9)11(14)18)16-8-13(2,3)17(4)5/h6-7H,8H2,1-5H3,(H2,14,18)(H,15,16). The maximum Gasteiger partial charge on any atom is 0.136 e. The van der Waals surface area contributed by atoms with Crippen molar-refractivity contribution in [3.63, 3.8) is 0 Å². The van der Waals surface area contributed by atoms with Crippen molar-refractivity contribution in [3.05, 3.63) is 23.4 Å². The van der Waals surface area contributed by atoms with Crippen LogP contribution in [0.5, 0.6) is 0 Å². The summed E-state index contributed by atoms with van der Waals surface area (Å²) in [4.78, 5) is 6.87. The second-order valence-electron chi connectivity index (χ2n) is 5.28. The number of nitrogens with zero attached hydrogens (tertiary/aromatic N) is 2. The summed E-state index contributed by atoms with van der Waals surface area (Å²) < 4.78 is 0. The minimum absolute atomic E-state index is 0.0267. The number of aryl methyl sites for hydroxylation is 1. The number of nitrogens with two attached hydrogens (primary N) is 1. The normalized spacial score (nSPS) is 11.7. The summed E-state index contributed by atoms with van der Waals surface area (Å²) in [5, 5.41) is 3.34. The van der Waals surface area contributed by atoms with Crippen molar-refractivity contribution in [1.82, 2.24) is 9.88 Å². The van der Waals surface area contributed by atoms with E-state index in [9.17, 15) is 0 Å². The van der Waals surface area contributed by atoms with Crippen molar-refractivity contribution in [3.8, 4) is 0 Å². The van der Waals surface area contributed by atoms with Crippen molar-refractivity contribution in [2.24, 2.45) is 5.73 Å². The first-order valence-electron chi connectivity index (χ1n) is 5.92. The van der Waals surface area contributed by atoms with E-state index in [1.165, 1.54) is 0 Å². The van der Waals surface area contributed by atoms with E-state index in [4.69, 9.17) is 18.0 Å². The molecule has 1 aromatic rings. The smallest absolute Gasteiger partial charge is 0.136 e. The summed E-state index contributed by atoms with van der Waals surface area (Å²) >= 11 is 5.08. The fourth-order valence-corrected chi connectivity index (χ4v) is 1.72. The molecule has 5 heteroatoms. The molecule has 0 aliphatic rings. The number of aromatic nitrogens is 1. The Balaban J connectivity index is 2.92. The van der Waals surface area contributed by atoms with Gasteiger partial charge < -0.3 is 16.0 Å². The Morgan fingerprint density at radius 1 is 1.50 bits per heavy atom. The van der Waals surface area contributed by atoms with Gasteiger partial charge in [0, 0.05) is 18.3 Å². The van der Waals surface area contributed by atoms with Gasteiger partial charge in [-0.05, 0) is 46.5 Å². The van der Waals surface area contributed by atoms with Crippen LogP contribution in [0.2, 0.25) is 0 Å². The van der Waals surface area contributed by atoms with Gasteiger partial charge in [0.25, 0.3) is 0 Å². The molecule has 1 aromatic heterocycles. The number of nitrogens with one attached hydrogen (secondary N) is 1. The van der Waals surface area contributed by atoms with E-state index in [2.05, 4.69) is 43.1 Å². The SMILES string of the molecule is Cc1ccnc(NCC(C)(C)N(C)C)c1C(N)=S. The molecule has 0 spiro atoms. The van der Waals surface area contributed by atoms with Crippen LogP contribution < -0.4 is 11.1 Å². The van der Waals surface area contributed by atoms with E-state index in [1.54, 1.807) is 6.20 Å². The number of thiocarbonyl (C=S) groups is 1. The second-order valence-corrected chi connectivity index (χ2v) is 5.72. The zero-order valence-electron chi connectivity index (χ0n) is 11.7. The zero-order chi connectivity index (χ0) is 13.9. The van der Waals surface area contributed by atoms with Crippen molar-refractivity contribution in [2.45, 2.75) is 26.3 Å². The van der Waals surface area contributed by atoms with Crippen LogP contribution in [0.4, 0.5) is 5.82 Å². The lowest BCUT2D eigenvalue weighted by molar-refractivity contribution is 0.210. The Bertz CT molecular complexity index is 441. The summed E-state index contributed by atoms with van der Waals surface area (Å²) in [6, 6.07) is 1.91. The number of hydrogen-bond acceptors (Lipinski definition) is 4. The molecule has 1 heterocycles. The number of anilines is 1. The van der Waals surface area contributed by atoms with Crippen LogP contribution in [0.3, 0.4) is 0 Å². The Hall–Kier alpha value is -1.20. The Morgan fingerprint density at radius 3 is 2.61 bits per heavy atom. The van der Waals surface area contributed by atoms with Crippen molar-refractivity contribution in [1.29, 1.82) is 0 Å². The maximum absolute atomic E-state index is 5.76. The average molecular weight is 266 g/mol. The van der Waals surface area contributed by atoms with Gasteiger partial charge in [0.05, 0.1) is 5.56 Å². The van der Waals surface area contributed by atoms with Gasteiger partial charge in [-0.15, -0.1) is 0 Å². The van der Waals surface area contributed by atoms with Crippen LogP contribution in [-0.2, 0) is 0 Å². The maximum atomic E-state index is 5.76. The summed E-state index contributed by atoms with van der Waals surface area (Å²) in [6.45, 7) is 7.08. The monoisotopic (exact) mass is 266 g/mol. The average Bonchev–Trinajstić information content (AvgIpc) is 2.25. The van der Waals surface area contributed by atoms with Crippen molar-refractivity contribution in [2.75, 3.05) is 26.0 Å². The molecule has 0 saturated carbocycles. The molecule has 0 bridgehead atoms. The summed E-state index contributed by atoms with van der Waals surface area (Å²) in [5.74, 6) is 0.762. The minimum Gasteiger partial charge on any atom is -0.389 e. The van der Waals surface area contributed by atoms with E-state index in [0.29, 0.717) is 4.99 Å². The zero-order valence-corrected chi connectivity index (χ0v) is 12.6. The molecular weight excluding hydrogens is 244 g/mol. The van der Waals surface area contributed by atoms with E-state index < -0.39 is 0 Å². The van der Waals surface area contributed by atoms with Gasteiger partial charge in [-0.25, -0.2) is 4.98 Å². The fraction of sp³-hybridized carbons (Fsp3) is 0.538. The predicted molar refractivity (Wildman–Crippen MR) is 81.1 cm³/mol. The third-order valence-corrected chi connectivity index (χ3v) is 3.51. The highest BCUT2D eigenvalue weighted by atomic mass is 32.1. The van der Waals surface area contributed by atoms with Crippen LogP contribution in [0.25, 0.3) is 0 Å². The van der Waals surface area contributed by atoms with Gasteiger partial charge in [-0.3, -0.25) is 0 Å². The summed E-state index contributed by atoms with van der Waals surface area (Å²) in [7, 11) is 4.11. The van der Waals surface area contributed by atoms with E-state index in [-0.39, 0.29) is 5.54 Å². The van der Waals surface area contributed by atoms with E-state index in [1.807, 2.05) is 13.0 Å². The molecule has 0 aromatic carbocycles. The quantitative estimate of drug-likeness (QED) is 0.796. The minimum atomic E-state index is 0.0267. The van der Waals surface area contributed by atoms with Crippen LogP contribution in [-0.4, -0.2) is 41.1 Å². The first kappa shape index (κ1) is 14.9. The second kappa shape index (κ2) is 5.63. The molecule has 3 N–H and O–H groups in total. The molecular formula is C13H22N4S. The van der Waals surface area contributed by atoms with Gasteiger partial charge in [0.2, 0.25) is 0 Å². The highest BCUT2D eigenvalue weighted by Crippen LogP contribution is 2.18. The highest BCUT2D eigenvalue weighted by Gasteiger charge is 2.21. The largest absolute Gasteiger partial charge is 0.389 e. The number of pyridine rings is 1. The molecule has 18 heavy (non-hydrogen) atoms. The third kappa shape index (κ3) is 3.40. The Morgan fingerprint density at radius 2 is 2.11 bits per heavy atom. The third-order valence-electron chi connectivity index (χ3n) is 3.30. The van der Waals surface area contributed by atoms with Gasteiger partial charge in [0.1, 0.15) is 10.8 Å². The first-order valence-corrected chi connectivity index (χ1v) is 6.33. The number of rotatable bonds is 5. The predicted octanol–water partition coefficient (Wildman–Crippen LogP) is 1.78. The summed E-state index contributed by atoms with van der Waals surface area (Å²) in [5.41, 5.74) is 7.66. The van der Waals surface area contributed by atoms with Crippen LogP contribution >= 0.6 is 12.2 Å². The lowest BCUT2D eigenvalue weighted by atomic mass is 10.0. The Labute approximate surface area is 115 Å². The molecule has 0 atom stereocenters. The van der Waals surface area contributed by atoms with Crippen LogP contribution in [0, 0.1) is 6.92 Å². The molecule has 0 saturated heterocycles. The Kier molecular flexibility index (Phi) is 4.65.